The van der Waals surface area contributed by atoms with Gasteiger partial charge in [0.1, 0.15) is 0 Å². The quantitative estimate of drug-likeness (QED) is 0.550. The molecule has 31 heavy (non-hydrogen) atoms. The Balaban J connectivity index is 1.45. The predicted octanol–water partition coefficient (Wildman–Crippen LogP) is 4.81. The molecule has 1 aliphatic carbocycles. The molecule has 5 nitrogen and oxygen atoms in total. The van der Waals surface area contributed by atoms with E-state index < -0.39 is 5.60 Å². The smallest absolute Gasteiger partial charge is 0.338 e. The Morgan fingerprint density at radius 2 is 1.87 bits per heavy atom. The van der Waals surface area contributed by atoms with E-state index in [1.54, 1.807) is 18.7 Å². The molecule has 1 aromatic carbocycles. The Labute approximate surface area is 190 Å². The topological polar surface area (TPSA) is 66.8 Å². The minimum absolute atomic E-state index is 0.202. The second kappa shape index (κ2) is 10.4. The van der Waals surface area contributed by atoms with E-state index in [1.807, 2.05) is 29.2 Å². The number of ether oxygens (including phenoxy) is 1. The fourth-order valence-electron chi connectivity index (χ4n) is 4.48. The zero-order valence-electron chi connectivity index (χ0n) is 19.2. The molecule has 3 rings (SSSR count). The lowest BCUT2D eigenvalue weighted by molar-refractivity contribution is -0.129. The standard InChI is InChI=1S/C25H37NO4S/c1-4-30-23(28)20-10-8-19(9-11-20)6-5-7-22-26(21(27)18-31-22)17-16-25(29)14-12-24(2,3)13-15-25/h8-11,22,29H,4-7,12-18H2,1-3H3. The highest BCUT2D eigenvalue weighted by Gasteiger charge is 2.38. The van der Waals surface area contributed by atoms with Gasteiger partial charge in [-0.2, -0.15) is 0 Å². The van der Waals surface area contributed by atoms with Crippen LogP contribution < -0.4 is 0 Å². The molecule has 0 bridgehead atoms. The molecule has 2 fully saturated rings. The van der Waals surface area contributed by atoms with Crippen molar-refractivity contribution >= 4 is 23.6 Å². The number of nitrogens with zero attached hydrogens (tertiary/aromatic N) is 1. The van der Waals surface area contributed by atoms with Gasteiger partial charge >= 0.3 is 5.97 Å². The number of carbonyl (C=O) groups is 2. The summed E-state index contributed by atoms with van der Waals surface area (Å²) < 4.78 is 5.03. The third kappa shape index (κ3) is 6.72. The first-order valence-electron chi connectivity index (χ1n) is 11.6. The Morgan fingerprint density at radius 1 is 1.19 bits per heavy atom. The molecule has 1 aromatic rings. The number of hydrogen-bond acceptors (Lipinski definition) is 5. The average Bonchev–Trinajstić information content (AvgIpc) is 3.09. The van der Waals surface area contributed by atoms with Crippen molar-refractivity contribution in [2.24, 2.45) is 5.41 Å². The highest BCUT2D eigenvalue weighted by atomic mass is 32.2. The molecule has 1 saturated carbocycles. The third-order valence-corrected chi connectivity index (χ3v) is 8.09. The number of rotatable bonds is 9. The molecule has 0 radical (unpaired) electrons. The van der Waals surface area contributed by atoms with Crippen molar-refractivity contribution in [2.75, 3.05) is 18.9 Å². The van der Waals surface area contributed by atoms with Gasteiger partial charge in [0.25, 0.3) is 0 Å². The summed E-state index contributed by atoms with van der Waals surface area (Å²) in [5.41, 5.74) is 1.47. The Kier molecular flexibility index (Phi) is 8.08. The normalized spacial score (nSPS) is 22.5. The lowest BCUT2D eigenvalue weighted by Crippen LogP contribution is -2.42. The van der Waals surface area contributed by atoms with E-state index in [-0.39, 0.29) is 17.3 Å². The summed E-state index contributed by atoms with van der Waals surface area (Å²) in [4.78, 5) is 26.2. The zero-order chi connectivity index (χ0) is 22.5. The summed E-state index contributed by atoms with van der Waals surface area (Å²) in [5.74, 6) is 0.465. The van der Waals surface area contributed by atoms with Crippen LogP contribution in [0.15, 0.2) is 24.3 Å². The van der Waals surface area contributed by atoms with Crippen LogP contribution >= 0.6 is 11.8 Å². The minimum atomic E-state index is -0.617. The Bertz CT molecular complexity index is 751. The fraction of sp³-hybridized carbons (Fsp3) is 0.680. The number of esters is 1. The summed E-state index contributed by atoms with van der Waals surface area (Å²) in [7, 11) is 0. The first-order valence-corrected chi connectivity index (χ1v) is 12.7. The number of amides is 1. The van der Waals surface area contributed by atoms with Crippen molar-refractivity contribution in [3.8, 4) is 0 Å². The molecule has 0 aromatic heterocycles. The maximum Gasteiger partial charge on any atom is 0.338 e. The van der Waals surface area contributed by atoms with Crippen LogP contribution in [0.3, 0.4) is 0 Å². The molecule has 2 aliphatic rings. The van der Waals surface area contributed by atoms with Gasteiger partial charge in [-0.1, -0.05) is 26.0 Å². The summed E-state index contributed by atoms with van der Waals surface area (Å²) in [6, 6.07) is 7.60. The number of aliphatic hydroxyl groups is 1. The van der Waals surface area contributed by atoms with Gasteiger partial charge in [0, 0.05) is 6.54 Å². The molecule has 0 spiro atoms. The van der Waals surface area contributed by atoms with Gasteiger partial charge in [0.15, 0.2) is 0 Å². The summed E-state index contributed by atoms with van der Waals surface area (Å²) in [5, 5.41) is 11.2. The molecule has 1 saturated heterocycles. The van der Waals surface area contributed by atoms with Crippen molar-refractivity contribution < 1.29 is 19.4 Å². The van der Waals surface area contributed by atoms with Crippen LogP contribution in [0.1, 0.15) is 81.6 Å². The van der Waals surface area contributed by atoms with E-state index >= 15 is 0 Å². The van der Waals surface area contributed by atoms with E-state index in [2.05, 4.69) is 13.8 Å². The van der Waals surface area contributed by atoms with Crippen LogP contribution in [0.5, 0.6) is 0 Å². The summed E-state index contributed by atoms with van der Waals surface area (Å²) in [6.45, 7) is 7.38. The number of carbonyl (C=O) groups excluding carboxylic acids is 2. The van der Waals surface area contributed by atoms with Gasteiger partial charge < -0.3 is 14.7 Å². The predicted molar refractivity (Wildman–Crippen MR) is 125 cm³/mol. The molecule has 1 heterocycles. The summed E-state index contributed by atoms with van der Waals surface area (Å²) in [6.07, 6.45) is 7.29. The van der Waals surface area contributed by atoms with Crippen molar-refractivity contribution in [2.45, 2.75) is 83.1 Å². The molecular formula is C25H37NO4S. The lowest BCUT2D eigenvalue weighted by Gasteiger charge is -2.41. The molecular weight excluding hydrogens is 410 g/mol. The monoisotopic (exact) mass is 447 g/mol. The fourth-order valence-corrected chi connectivity index (χ4v) is 5.72. The number of hydrogen-bond donors (Lipinski definition) is 1. The molecule has 1 unspecified atom stereocenters. The van der Waals surface area contributed by atoms with E-state index in [4.69, 9.17) is 4.74 Å². The third-order valence-electron chi connectivity index (χ3n) is 6.80. The highest BCUT2D eigenvalue weighted by molar-refractivity contribution is 8.00. The maximum absolute atomic E-state index is 12.4. The van der Waals surface area contributed by atoms with Crippen LogP contribution in [-0.4, -0.2) is 51.8 Å². The van der Waals surface area contributed by atoms with Gasteiger partial charge in [-0.25, -0.2) is 4.79 Å². The number of thioether (sulfide) groups is 1. The van der Waals surface area contributed by atoms with Crippen LogP contribution in [-0.2, 0) is 16.0 Å². The van der Waals surface area contributed by atoms with Crippen molar-refractivity contribution in [3.05, 3.63) is 35.4 Å². The van der Waals surface area contributed by atoms with Crippen molar-refractivity contribution in [3.63, 3.8) is 0 Å². The van der Waals surface area contributed by atoms with E-state index in [0.717, 1.165) is 44.9 Å². The van der Waals surface area contributed by atoms with Crippen molar-refractivity contribution in [1.82, 2.24) is 4.90 Å². The minimum Gasteiger partial charge on any atom is -0.462 e. The number of aryl methyl sites for hydroxylation is 1. The first kappa shape index (κ1) is 24.1. The van der Waals surface area contributed by atoms with E-state index in [1.165, 1.54) is 5.56 Å². The van der Waals surface area contributed by atoms with Gasteiger partial charge in [-0.3, -0.25) is 4.79 Å². The average molecular weight is 448 g/mol. The molecule has 172 valence electrons. The maximum atomic E-state index is 12.4. The van der Waals surface area contributed by atoms with Gasteiger partial charge in [-0.05, 0) is 81.4 Å². The zero-order valence-corrected chi connectivity index (χ0v) is 20.0. The van der Waals surface area contributed by atoms with Crippen LogP contribution in [0.2, 0.25) is 0 Å². The lowest BCUT2D eigenvalue weighted by atomic mass is 9.70. The SMILES string of the molecule is CCOC(=O)c1ccc(CCCC2SCC(=O)N2CCC2(O)CCC(C)(C)CC2)cc1. The second-order valence-electron chi connectivity index (χ2n) is 9.80. The van der Waals surface area contributed by atoms with Crippen LogP contribution in [0.4, 0.5) is 0 Å². The van der Waals surface area contributed by atoms with Crippen molar-refractivity contribution in [1.29, 1.82) is 0 Å². The van der Waals surface area contributed by atoms with Crippen LogP contribution in [0.25, 0.3) is 0 Å². The van der Waals surface area contributed by atoms with E-state index in [9.17, 15) is 14.7 Å². The van der Waals surface area contributed by atoms with Gasteiger partial charge in [0.2, 0.25) is 5.91 Å². The number of benzene rings is 1. The van der Waals surface area contributed by atoms with E-state index in [0.29, 0.717) is 36.3 Å². The molecule has 1 N–H and O–H groups in total. The first-order chi connectivity index (χ1) is 14.7. The molecule has 6 heteroatoms. The van der Waals surface area contributed by atoms with Gasteiger partial charge in [0.05, 0.1) is 28.9 Å². The summed E-state index contributed by atoms with van der Waals surface area (Å²) >= 11 is 1.72. The molecule has 1 atom stereocenters. The second-order valence-corrected chi connectivity index (χ2v) is 11.0. The Morgan fingerprint density at radius 3 is 2.52 bits per heavy atom. The Hall–Kier alpha value is -1.53. The molecule has 1 amide bonds. The van der Waals surface area contributed by atoms with Gasteiger partial charge in [-0.15, -0.1) is 11.8 Å². The largest absolute Gasteiger partial charge is 0.462 e. The molecule has 1 aliphatic heterocycles. The van der Waals surface area contributed by atoms with Crippen LogP contribution in [0, 0.1) is 5.41 Å². The highest BCUT2D eigenvalue weighted by Crippen LogP contribution is 2.42.